The lowest BCUT2D eigenvalue weighted by Gasteiger charge is -2.28. The Morgan fingerprint density at radius 3 is 2.50 bits per heavy atom. The summed E-state index contributed by atoms with van der Waals surface area (Å²) in [5, 5.41) is 6.89. The van der Waals surface area contributed by atoms with E-state index < -0.39 is 0 Å². The van der Waals surface area contributed by atoms with Crippen molar-refractivity contribution in [2.45, 2.75) is 19.4 Å². The number of imidazole rings is 2. The highest BCUT2D eigenvalue weighted by Gasteiger charge is 2.22. The SMILES string of the molecule is COc1ccc(-c2ncn(C(C)CCN3CCOCC3)c2-c2nccn2C)cc1.O=CO. The third-order valence-corrected chi connectivity index (χ3v) is 5.63. The molecule has 0 radical (unpaired) electrons. The van der Waals surface area contributed by atoms with Crippen LogP contribution in [0.2, 0.25) is 0 Å². The third-order valence-electron chi connectivity index (χ3n) is 5.63. The summed E-state index contributed by atoms with van der Waals surface area (Å²) >= 11 is 0. The molecular weight excluding hydrogens is 410 g/mol. The van der Waals surface area contributed by atoms with Crippen molar-refractivity contribution in [3.63, 3.8) is 0 Å². The molecule has 1 aliphatic heterocycles. The van der Waals surface area contributed by atoms with Crippen molar-refractivity contribution in [1.82, 2.24) is 24.0 Å². The second kappa shape index (κ2) is 11.4. The zero-order valence-corrected chi connectivity index (χ0v) is 18.8. The molecule has 1 unspecified atom stereocenters. The maximum absolute atomic E-state index is 8.36. The van der Waals surface area contributed by atoms with Crippen molar-refractivity contribution in [3.05, 3.63) is 43.0 Å². The first-order valence-electron chi connectivity index (χ1n) is 10.7. The standard InChI is InChI=1S/C22H29N5O2.CH2O2/c1-17(8-10-26-12-14-29-15-13-26)27-16-24-20(18-4-6-19(28-3)7-5-18)21(27)22-23-9-11-25(22)2;2-1-3/h4-7,9,11,16-17H,8,10,12-15H2,1-3H3;1H,(H,2,3). The van der Waals surface area contributed by atoms with Crippen LogP contribution in [0.1, 0.15) is 19.4 Å². The van der Waals surface area contributed by atoms with Crippen molar-refractivity contribution in [1.29, 1.82) is 0 Å². The number of ether oxygens (including phenoxy) is 2. The van der Waals surface area contributed by atoms with Crippen LogP contribution in [0.25, 0.3) is 22.8 Å². The van der Waals surface area contributed by atoms with Crippen LogP contribution in [0.15, 0.2) is 43.0 Å². The van der Waals surface area contributed by atoms with Crippen molar-refractivity contribution in [3.8, 4) is 28.5 Å². The average Bonchev–Trinajstić information content (AvgIpc) is 3.44. The number of benzene rings is 1. The van der Waals surface area contributed by atoms with Crippen molar-refractivity contribution in [2.24, 2.45) is 7.05 Å². The highest BCUT2D eigenvalue weighted by molar-refractivity contribution is 5.76. The molecule has 2 aromatic heterocycles. The second-order valence-corrected chi connectivity index (χ2v) is 7.64. The Bertz CT molecular complexity index is 977. The fourth-order valence-electron chi connectivity index (χ4n) is 3.80. The number of morpholine rings is 1. The van der Waals surface area contributed by atoms with Crippen LogP contribution in [0.5, 0.6) is 5.75 Å². The number of hydrogen-bond acceptors (Lipinski definition) is 6. The van der Waals surface area contributed by atoms with Gasteiger partial charge in [0.2, 0.25) is 0 Å². The van der Waals surface area contributed by atoms with Crippen LogP contribution >= 0.6 is 0 Å². The van der Waals surface area contributed by atoms with E-state index >= 15 is 0 Å². The van der Waals surface area contributed by atoms with Crippen molar-refractivity contribution < 1.29 is 19.4 Å². The van der Waals surface area contributed by atoms with Crippen LogP contribution in [0, 0.1) is 0 Å². The molecular formula is C23H31N5O4. The Morgan fingerprint density at radius 1 is 1.22 bits per heavy atom. The van der Waals surface area contributed by atoms with Crippen molar-refractivity contribution in [2.75, 3.05) is 40.0 Å². The first kappa shape index (κ1) is 23.5. The summed E-state index contributed by atoms with van der Waals surface area (Å²) in [4.78, 5) is 20.2. The third kappa shape index (κ3) is 5.54. The molecule has 1 saturated heterocycles. The molecule has 0 spiro atoms. The zero-order valence-electron chi connectivity index (χ0n) is 18.8. The average molecular weight is 442 g/mol. The minimum atomic E-state index is -0.250. The second-order valence-electron chi connectivity index (χ2n) is 7.64. The maximum Gasteiger partial charge on any atom is 0.290 e. The highest BCUT2D eigenvalue weighted by Crippen LogP contribution is 2.33. The lowest BCUT2D eigenvalue weighted by atomic mass is 10.1. The van der Waals surface area contributed by atoms with Gasteiger partial charge in [-0.1, -0.05) is 0 Å². The Balaban J connectivity index is 0.000000913. The Labute approximate surface area is 188 Å². The van der Waals surface area contributed by atoms with Crippen LogP contribution in [-0.2, 0) is 16.6 Å². The number of aryl methyl sites for hydroxylation is 1. The lowest BCUT2D eigenvalue weighted by molar-refractivity contribution is -0.122. The molecule has 0 aliphatic carbocycles. The Kier molecular flexibility index (Phi) is 8.41. The molecule has 0 saturated carbocycles. The molecule has 1 aliphatic rings. The highest BCUT2D eigenvalue weighted by atomic mass is 16.5. The van der Waals surface area contributed by atoms with E-state index in [1.165, 1.54) is 0 Å². The summed E-state index contributed by atoms with van der Waals surface area (Å²) in [6, 6.07) is 8.35. The molecule has 32 heavy (non-hydrogen) atoms. The number of carbonyl (C=O) groups is 1. The molecule has 1 atom stereocenters. The molecule has 1 aromatic carbocycles. The van der Waals surface area contributed by atoms with Gasteiger partial charge in [-0.3, -0.25) is 9.69 Å². The number of nitrogens with zero attached hydrogens (tertiary/aromatic N) is 5. The minimum Gasteiger partial charge on any atom is -0.497 e. The van der Waals surface area contributed by atoms with Gasteiger partial charge in [0.1, 0.15) is 11.4 Å². The largest absolute Gasteiger partial charge is 0.497 e. The minimum absolute atomic E-state index is 0.250. The monoisotopic (exact) mass is 441 g/mol. The normalized spacial score (nSPS) is 15.0. The first-order chi connectivity index (χ1) is 15.6. The number of rotatable bonds is 7. The maximum atomic E-state index is 8.36. The molecule has 9 heteroatoms. The fourth-order valence-corrected chi connectivity index (χ4v) is 3.80. The van der Waals surface area contributed by atoms with Gasteiger partial charge < -0.3 is 23.7 Å². The molecule has 4 rings (SSSR count). The zero-order chi connectivity index (χ0) is 22.9. The van der Waals surface area contributed by atoms with E-state index in [9.17, 15) is 0 Å². The predicted molar refractivity (Wildman–Crippen MR) is 122 cm³/mol. The molecule has 3 aromatic rings. The molecule has 3 heterocycles. The van der Waals surface area contributed by atoms with Gasteiger partial charge in [-0.15, -0.1) is 0 Å². The number of methoxy groups -OCH3 is 1. The molecule has 1 N–H and O–H groups in total. The van der Waals surface area contributed by atoms with Crippen LogP contribution in [0.4, 0.5) is 0 Å². The summed E-state index contributed by atoms with van der Waals surface area (Å²) in [7, 11) is 3.70. The van der Waals surface area contributed by atoms with E-state index in [0.29, 0.717) is 6.04 Å². The van der Waals surface area contributed by atoms with E-state index in [0.717, 1.165) is 67.8 Å². The fraction of sp³-hybridized carbons (Fsp3) is 0.435. The van der Waals surface area contributed by atoms with Crippen LogP contribution in [0.3, 0.4) is 0 Å². The van der Waals surface area contributed by atoms with Gasteiger partial charge in [0.05, 0.1) is 32.3 Å². The lowest BCUT2D eigenvalue weighted by Crippen LogP contribution is -2.37. The predicted octanol–water partition coefficient (Wildman–Crippen LogP) is 2.94. The Hall–Kier alpha value is -3.17. The summed E-state index contributed by atoms with van der Waals surface area (Å²) in [5.41, 5.74) is 3.06. The van der Waals surface area contributed by atoms with E-state index in [1.54, 1.807) is 7.11 Å². The van der Waals surface area contributed by atoms with E-state index in [4.69, 9.17) is 24.4 Å². The first-order valence-corrected chi connectivity index (χ1v) is 10.7. The summed E-state index contributed by atoms with van der Waals surface area (Å²) < 4.78 is 15.1. The molecule has 0 bridgehead atoms. The number of aromatic nitrogens is 4. The quantitative estimate of drug-likeness (QED) is 0.563. The van der Waals surface area contributed by atoms with Gasteiger partial charge in [0, 0.05) is 50.7 Å². The van der Waals surface area contributed by atoms with Gasteiger partial charge in [-0.25, -0.2) is 9.97 Å². The number of hydrogen-bond donors (Lipinski definition) is 1. The number of carboxylic acid groups (broad SMARTS) is 1. The van der Waals surface area contributed by atoms with Gasteiger partial charge >= 0.3 is 0 Å². The van der Waals surface area contributed by atoms with E-state index in [1.807, 2.05) is 37.9 Å². The van der Waals surface area contributed by atoms with E-state index in [2.05, 4.69) is 38.1 Å². The van der Waals surface area contributed by atoms with Crippen molar-refractivity contribution >= 4 is 6.47 Å². The molecule has 172 valence electrons. The Morgan fingerprint density at radius 2 is 1.91 bits per heavy atom. The molecule has 0 amide bonds. The summed E-state index contributed by atoms with van der Waals surface area (Å²) in [6.07, 6.45) is 6.81. The van der Waals surface area contributed by atoms with E-state index in [-0.39, 0.29) is 6.47 Å². The van der Waals surface area contributed by atoms with Gasteiger partial charge in [-0.05, 0) is 37.6 Å². The van der Waals surface area contributed by atoms with Gasteiger partial charge in [0.25, 0.3) is 6.47 Å². The summed E-state index contributed by atoms with van der Waals surface area (Å²) in [6.45, 7) is 6.76. The summed E-state index contributed by atoms with van der Waals surface area (Å²) in [5.74, 6) is 1.76. The molecule has 9 nitrogen and oxygen atoms in total. The van der Waals surface area contributed by atoms with Crippen LogP contribution < -0.4 is 4.74 Å². The van der Waals surface area contributed by atoms with Gasteiger partial charge in [-0.2, -0.15) is 0 Å². The smallest absolute Gasteiger partial charge is 0.290 e. The van der Waals surface area contributed by atoms with Crippen LogP contribution in [-0.4, -0.2) is 75.5 Å². The topological polar surface area (TPSA) is 94.6 Å². The van der Waals surface area contributed by atoms with Gasteiger partial charge in [0.15, 0.2) is 5.82 Å². The molecule has 1 fully saturated rings.